The zero-order valence-electron chi connectivity index (χ0n) is 36.3. The van der Waals surface area contributed by atoms with Crippen molar-refractivity contribution in [3.63, 3.8) is 0 Å². The van der Waals surface area contributed by atoms with Gasteiger partial charge in [-0.05, 0) is 173 Å². The highest BCUT2D eigenvalue weighted by molar-refractivity contribution is 9.11. The Morgan fingerprint density at radius 3 is 1.05 bits per heavy atom. The summed E-state index contributed by atoms with van der Waals surface area (Å²) in [6.07, 6.45) is 1.43. The lowest BCUT2D eigenvalue weighted by Crippen LogP contribution is -2.52. The summed E-state index contributed by atoms with van der Waals surface area (Å²) in [5.41, 5.74) is 2.53. The largest absolute Gasteiger partial charge is 0.437 e. The molecule has 0 N–H and O–H groups in total. The molecule has 2 aliphatic rings. The molecule has 0 aromatic carbocycles. The fourth-order valence-corrected chi connectivity index (χ4v) is 39.3. The van der Waals surface area contributed by atoms with Crippen LogP contribution in [0.4, 0.5) is 0 Å². The molecule has 0 aliphatic carbocycles. The van der Waals surface area contributed by atoms with E-state index in [2.05, 4.69) is 148 Å². The number of hydrogen-bond donors (Lipinski definition) is 0. The highest BCUT2D eigenvalue weighted by atomic mass is 79.9. The summed E-state index contributed by atoms with van der Waals surface area (Å²) in [5, 5.41) is 0. The number of hydrogen-bond acceptors (Lipinski definition) is 10. The molecule has 4 aromatic rings. The van der Waals surface area contributed by atoms with Crippen molar-refractivity contribution in [2.75, 3.05) is 13.1 Å². The van der Waals surface area contributed by atoms with Gasteiger partial charge in [0.1, 0.15) is 0 Å². The van der Waals surface area contributed by atoms with E-state index in [0.29, 0.717) is 37.1 Å². The Kier molecular flexibility index (Phi) is 13.9. The summed E-state index contributed by atoms with van der Waals surface area (Å²) in [4.78, 5) is 36.1. The molecule has 0 unspecified atom stereocenters. The van der Waals surface area contributed by atoms with Crippen LogP contribution in [-0.2, 0) is 26.0 Å². The van der Waals surface area contributed by atoms with Crippen molar-refractivity contribution in [2.24, 2.45) is 0 Å². The van der Waals surface area contributed by atoms with Crippen LogP contribution < -0.4 is 0 Å². The SMILES string of the molecule is C[Si](C)(C)O[Si](C)(CCCN1C(=O)C2=C(c3cc4sc(Br)cc4s3)N(CCC[Si](C)(O[Si](C)(C)C)O[Si](C)(C)C)C(=O)C2=C1c1cc2sc(Br)cc2s1)O[Si](C)(C)C. The highest BCUT2D eigenvalue weighted by Gasteiger charge is 2.50. The van der Waals surface area contributed by atoms with Gasteiger partial charge >= 0.3 is 17.1 Å². The average Bonchev–Trinajstić information content (AvgIpc) is 3.81. The zero-order valence-corrected chi connectivity index (χ0v) is 48.7. The monoisotopic (exact) mass is 1090 g/mol. The smallest absolute Gasteiger partial charge is 0.314 e. The molecule has 8 nitrogen and oxygen atoms in total. The van der Waals surface area contributed by atoms with Crippen LogP contribution in [-0.4, -0.2) is 85.1 Å². The van der Waals surface area contributed by atoms with E-state index in [-0.39, 0.29) is 11.8 Å². The number of thiophene rings is 4. The maximum Gasteiger partial charge on any atom is 0.314 e. The van der Waals surface area contributed by atoms with E-state index in [0.717, 1.165) is 59.6 Å². The van der Waals surface area contributed by atoms with E-state index < -0.39 is 50.4 Å². The molecular formula is C38H58Br2N2O6S4Si6. The number of fused-ring (bicyclic) bond motifs is 3. The van der Waals surface area contributed by atoms with Gasteiger partial charge in [0.25, 0.3) is 11.8 Å². The quantitative estimate of drug-likeness (QED) is 0.0924. The first-order valence-corrected chi connectivity index (χ1v) is 43.4. The molecule has 2 amide bonds. The van der Waals surface area contributed by atoms with Gasteiger partial charge in [0.05, 0.1) is 39.9 Å². The first kappa shape index (κ1) is 47.3. The van der Waals surface area contributed by atoms with Gasteiger partial charge < -0.3 is 26.3 Å². The van der Waals surface area contributed by atoms with Gasteiger partial charge in [0, 0.05) is 31.9 Å². The molecule has 0 atom stereocenters. The second-order valence-electron chi connectivity index (χ2n) is 19.5. The van der Waals surface area contributed by atoms with Gasteiger partial charge in [0.15, 0.2) is 33.3 Å². The van der Waals surface area contributed by atoms with E-state index in [1.165, 1.54) is 0 Å². The van der Waals surface area contributed by atoms with E-state index in [1.807, 2.05) is 9.80 Å². The highest BCUT2D eigenvalue weighted by Crippen LogP contribution is 2.51. The van der Waals surface area contributed by atoms with Crippen LogP contribution in [0.3, 0.4) is 0 Å². The van der Waals surface area contributed by atoms with Crippen LogP contribution in [0.1, 0.15) is 22.6 Å². The number of carbonyl (C=O) groups is 2. The van der Waals surface area contributed by atoms with Gasteiger partial charge in [-0.15, -0.1) is 45.3 Å². The molecule has 0 radical (unpaired) electrons. The van der Waals surface area contributed by atoms with Crippen molar-refractivity contribution in [1.82, 2.24) is 9.80 Å². The Morgan fingerprint density at radius 1 is 0.483 bits per heavy atom. The van der Waals surface area contributed by atoms with Crippen molar-refractivity contribution in [2.45, 2.75) is 117 Å². The molecule has 20 heteroatoms. The number of halogens is 2. The van der Waals surface area contributed by atoms with Crippen LogP contribution in [0, 0.1) is 0 Å². The Hall–Kier alpha value is -0.159. The average molecular weight is 1100 g/mol. The van der Waals surface area contributed by atoms with E-state index in [4.69, 9.17) is 16.5 Å². The van der Waals surface area contributed by atoms with Crippen molar-refractivity contribution < 1.29 is 26.0 Å². The molecule has 0 fully saturated rings. The number of rotatable bonds is 18. The molecule has 58 heavy (non-hydrogen) atoms. The zero-order chi connectivity index (χ0) is 43.0. The Morgan fingerprint density at radius 2 is 0.776 bits per heavy atom. The topological polar surface area (TPSA) is 77.5 Å². The molecule has 4 aromatic heterocycles. The molecule has 0 saturated heterocycles. The minimum Gasteiger partial charge on any atom is -0.437 e. The normalized spacial score (nSPS) is 16.5. The van der Waals surface area contributed by atoms with Crippen LogP contribution in [0.5, 0.6) is 0 Å². The van der Waals surface area contributed by atoms with Gasteiger partial charge in [-0.2, -0.15) is 0 Å². The Balaban J connectivity index is 1.42. The molecule has 318 valence electrons. The third-order valence-electron chi connectivity index (χ3n) is 9.12. The standard InChI is InChI=1S/C38H58Br2N2O6S4Si6/c1-53(2,3)45-57(13,46-54(4,5)6)19-15-17-41-35(29-21-25-27(49-29)23-31(39)51-25)33-34(37(41)43)36(30-22-26-28(50-30)24-32(40)52-26)42(38(33)44)18-16-20-58(14,47-55(7,8)9)48-56(10,11)12/h21-24H,15-20H2,1-14H3. The molecule has 0 spiro atoms. The summed E-state index contributed by atoms with van der Waals surface area (Å²) in [6, 6.07) is 10.1. The molecular weight excluding hydrogens is 1040 g/mol. The third kappa shape index (κ3) is 11.3. The third-order valence-corrected chi connectivity index (χ3v) is 34.0. The number of carbonyl (C=O) groups excluding carboxylic acids is 2. The van der Waals surface area contributed by atoms with Crippen molar-refractivity contribution in [1.29, 1.82) is 0 Å². The minimum absolute atomic E-state index is 0.101. The molecule has 6 heterocycles. The summed E-state index contributed by atoms with van der Waals surface area (Å²) in [7, 11) is -12.8. The molecule has 0 saturated carbocycles. The summed E-state index contributed by atoms with van der Waals surface area (Å²) in [6.45, 7) is 32.0. The van der Waals surface area contributed by atoms with Crippen molar-refractivity contribution in [3.05, 3.63) is 52.7 Å². The van der Waals surface area contributed by atoms with E-state index in [9.17, 15) is 0 Å². The molecule has 0 bridgehead atoms. The Bertz CT molecular complexity index is 2040. The van der Waals surface area contributed by atoms with Gasteiger partial charge in [0.2, 0.25) is 0 Å². The van der Waals surface area contributed by atoms with E-state index >= 15 is 9.59 Å². The summed E-state index contributed by atoms with van der Waals surface area (Å²) in [5.74, 6) is -0.202. The lowest BCUT2D eigenvalue weighted by atomic mass is 10.1. The second-order valence-corrected chi connectivity index (χ2v) is 52.3. The van der Waals surface area contributed by atoms with Crippen molar-refractivity contribution in [3.8, 4) is 0 Å². The van der Waals surface area contributed by atoms with Gasteiger partial charge in [-0.3, -0.25) is 9.59 Å². The van der Waals surface area contributed by atoms with Gasteiger partial charge in [-0.1, -0.05) is 0 Å². The predicted molar refractivity (Wildman–Crippen MR) is 272 cm³/mol. The fourth-order valence-electron chi connectivity index (χ4n) is 8.13. The van der Waals surface area contributed by atoms with Crippen LogP contribution in [0.25, 0.3) is 30.2 Å². The first-order valence-electron chi connectivity index (χ1n) is 19.8. The maximum absolute atomic E-state index is 15.2. The minimum atomic E-state index is -2.57. The first-order chi connectivity index (χ1) is 26.5. The predicted octanol–water partition coefficient (Wildman–Crippen LogP) is 13.9. The van der Waals surface area contributed by atoms with Crippen LogP contribution in [0.2, 0.25) is 104 Å². The fraction of sp³-hybridized carbons (Fsp3) is 0.526. The summed E-state index contributed by atoms with van der Waals surface area (Å²) < 4.78 is 34.1. The Labute approximate surface area is 384 Å². The van der Waals surface area contributed by atoms with Gasteiger partial charge in [-0.25, -0.2) is 0 Å². The van der Waals surface area contributed by atoms with Crippen molar-refractivity contribution >= 4 is 170 Å². The van der Waals surface area contributed by atoms with E-state index in [1.54, 1.807) is 45.3 Å². The second kappa shape index (κ2) is 17.1. The lowest BCUT2D eigenvalue weighted by molar-refractivity contribution is -0.124. The molecule has 2 aliphatic heterocycles. The summed E-state index contributed by atoms with van der Waals surface area (Å²) >= 11 is 14.0. The molecule has 6 rings (SSSR count). The number of amides is 2. The van der Waals surface area contributed by atoms with Crippen LogP contribution >= 0.6 is 77.2 Å². The number of nitrogens with zero attached hydrogens (tertiary/aromatic N) is 2. The maximum atomic E-state index is 15.2. The lowest BCUT2D eigenvalue weighted by Gasteiger charge is -2.39. The van der Waals surface area contributed by atoms with Crippen LogP contribution in [0.15, 0.2) is 43.0 Å².